The Hall–Kier alpha value is -2.37. The second-order valence-corrected chi connectivity index (χ2v) is 5.66. The normalized spacial score (nSPS) is 12.3. The van der Waals surface area contributed by atoms with E-state index in [-0.39, 0.29) is 0 Å². The van der Waals surface area contributed by atoms with Gasteiger partial charge in [0, 0.05) is 22.5 Å². The molecule has 1 amide bonds. The van der Waals surface area contributed by atoms with Crippen LogP contribution in [-0.2, 0) is 11.2 Å². The maximum Gasteiger partial charge on any atom is 0.253 e. The van der Waals surface area contributed by atoms with Crippen LogP contribution < -0.4 is 5.32 Å². The van der Waals surface area contributed by atoms with E-state index in [1.54, 1.807) is 30.5 Å². The summed E-state index contributed by atoms with van der Waals surface area (Å²) >= 11 is 5.99. The van der Waals surface area contributed by atoms with E-state index in [4.69, 9.17) is 11.6 Å². The predicted molar refractivity (Wildman–Crippen MR) is 89.2 cm³/mol. The number of H-pyrrole nitrogens is 1. The highest BCUT2D eigenvalue weighted by Crippen LogP contribution is 2.22. The third kappa shape index (κ3) is 3.52. The van der Waals surface area contributed by atoms with Gasteiger partial charge in [-0.3, -0.25) is 9.89 Å². The molecule has 1 heterocycles. The molecule has 2 aromatic carbocycles. The van der Waals surface area contributed by atoms with Gasteiger partial charge in [0.2, 0.25) is 0 Å². The van der Waals surface area contributed by atoms with Crippen LogP contribution in [0.2, 0.25) is 5.02 Å². The van der Waals surface area contributed by atoms with E-state index in [2.05, 4.69) is 15.5 Å². The van der Waals surface area contributed by atoms with Crippen LogP contribution in [0.1, 0.15) is 17.2 Å². The standard InChI is InChI=1S/C17H16ClN3O2/c18-14-4-2-1-3-13(14)16(22)17(23)19-8-7-11-5-6-12-10-20-21-15(12)9-11/h1-6,9-10,16,22H,7-8H2,(H,19,23)(H,20,21)/t16-/m1/s1. The molecule has 1 atom stereocenters. The third-order valence-corrected chi connectivity index (χ3v) is 4.01. The van der Waals surface area contributed by atoms with Gasteiger partial charge in [-0.15, -0.1) is 0 Å². The Labute approximate surface area is 138 Å². The summed E-state index contributed by atoms with van der Waals surface area (Å²) in [5.41, 5.74) is 2.45. The first-order valence-electron chi connectivity index (χ1n) is 7.27. The highest BCUT2D eigenvalue weighted by atomic mass is 35.5. The maximum atomic E-state index is 12.0. The molecule has 3 N–H and O–H groups in total. The number of halogens is 1. The Morgan fingerprint density at radius 1 is 1.30 bits per heavy atom. The van der Waals surface area contributed by atoms with E-state index in [0.717, 1.165) is 16.5 Å². The molecule has 5 nitrogen and oxygen atoms in total. The monoisotopic (exact) mass is 329 g/mol. The third-order valence-electron chi connectivity index (χ3n) is 3.67. The fraction of sp³-hybridized carbons (Fsp3) is 0.176. The lowest BCUT2D eigenvalue weighted by Crippen LogP contribution is -2.31. The number of aromatic nitrogens is 2. The number of aliphatic hydroxyl groups excluding tert-OH is 1. The molecule has 0 aliphatic heterocycles. The molecule has 6 heteroatoms. The van der Waals surface area contributed by atoms with Crippen LogP contribution in [0.25, 0.3) is 10.9 Å². The smallest absolute Gasteiger partial charge is 0.253 e. The summed E-state index contributed by atoms with van der Waals surface area (Å²) in [6, 6.07) is 12.7. The lowest BCUT2D eigenvalue weighted by molar-refractivity contribution is -0.129. The number of hydrogen-bond acceptors (Lipinski definition) is 3. The van der Waals surface area contributed by atoms with Gasteiger partial charge in [0.15, 0.2) is 6.10 Å². The maximum absolute atomic E-state index is 12.0. The van der Waals surface area contributed by atoms with E-state index in [1.165, 1.54) is 0 Å². The van der Waals surface area contributed by atoms with E-state index >= 15 is 0 Å². The number of hydrogen-bond donors (Lipinski definition) is 3. The van der Waals surface area contributed by atoms with Crippen molar-refractivity contribution in [1.82, 2.24) is 15.5 Å². The van der Waals surface area contributed by atoms with Crippen molar-refractivity contribution in [3.8, 4) is 0 Å². The summed E-state index contributed by atoms with van der Waals surface area (Å²) in [6.45, 7) is 0.431. The number of amides is 1. The van der Waals surface area contributed by atoms with Crippen molar-refractivity contribution in [3.63, 3.8) is 0 Å². The first-order chi connectivity index (χ1) is 11.1. The fourth-order valence-corrected chi connectivity index (χ4v) is 2.64. The van der Waals surface area contributed by atoms with E-state index in [0.29, 0.717) is 23.6 Å². The highest BCUT2D eigenvalue weighted by molar-refractivity contribution is 6.31. The van der Waals surface area contributed by atoms with Gasteiger partial charge in [0.25, 0.3) is 5.91 Å². The Morgan fingerprint density at radius 2 is 2.13 bits per heavy atom. The summed E-state index contributed by atoms with van der Waals surface area (Å²) in [6.07, 6.45) is 1.16. The van der Waals surface area contributed by atoms with Gasteiger partial charge in [-0.1, -0.05) is 41.9 Å². The predicted octanol–water partition coefficient (Wildman–Crippen LogP) is 2.61. The zero-order valence-corrected chi connectivity index (χ0v) is 13.0. The molecule has 1 aromatic heterocycles. The molecular formula is C17H16ClN3O2. The van der Waals surface area contributed by atoms with Crippen LogP contribution >= 0.6 is 11.6 Å². The van der Waals surface area contributed by atoms with Gasteiger partial charge in [-0.25, -0.2) is 0 Å². The van der Waals surface area contributed by atoms with E-state index in [1.807, 2.05) is 18.2 Å². The van der Waals surface area contributed by atoms with E-state index < -0.39 is 12.0 Å². The molecule has 0 fully saturated rings. The largest absolute Gasteiger partial charge is 0.378 e. The van der Waals surface area contributed by atoms with Crippen molar-refractivity contribution >= 4 is 28.4 Å². The SMILES string of the molecule is O=C(NCCc1ccc2cn[nH]c2c1)[C@H](O)c1ccccc1Cl. The highest BCUT2D eigenvalue weighted by Gasteiger charge is 2.19. The molecule has 118 valence electrons. The van der Waals surface area contributed by atoms with Crippen molar-refractivity contribution in [3.05, 3.63) is 64.8 Å². The number of aliphatic hydroxyl groups is 1. The topological polar surface area (TPSA) is 78.0 Å². The molecule has 0 radical (unpaired) electrons. The van der Waals surface area contributed by atoms with Crippen LogP contribution in [0.4, 0.5) is 0 Å². The lowest BCUT2D eigenvalue weighted by atomic mass is 10.1. The first-order valence-corrected chi connectivity index (χ1v) is 7.65. The number of aromatic amines is 1. The van der Waals surface area contributed by atoms with Crippen LogP contribution in [0.5, 0.6) is 0 Å². The minimum atomic E-state index is -1.27. The molecule has 0 aliphatic rings. The zero-order valence-electron chi connectivity index (χ0n) is 12.3. The summed E-state index contributed by atoms with van der Waals surface area (Å²) in [4.78, 5) is 12.0. The Morgan fingerprint density at radius 3 is 2.96 bits per heavy atom. The van der Waals surface area contributed by atoms with Gasteiger partial charge in [-0.05, 0) is 24.1 Å². The number of carbonyl (C=O) groups excluding carboxylic acids is 1. The minimum absolute atomic E-state index is 0.375. The fourth-order valence-electron chi connectivity index (χ4n) is 2.40. The Balaban J connectivity index is 1.57. The molecule has 23 heavy (non-hydrogen) atoms. The van der Waals surface area contributed by atoms with E-state index in [9.17, 15) is 9.90 Å². The van der Waals surface area contributed by atoms with Crippen LogP contribution in [0.3, 0.4) is 0 Å². The average molecular weight is 330 g/mol. The van der Waals surface area contributed by atoms with Crippen molar-refractivity contribution in [1.29, 1.82) is 0 Å². The molecule has 0 aliphatic carbocycles. The van der Waals surface area contributed by atoms with Gasteiger partial charge >= 0.3 is 0 Å². The molecule has 3 aromatic rings. The number of fused-ring (bicyclic) bond motifs is 1. The summed E-state index contributed by atoms with van der Waals surface area (Å²) < 4.78 is 0. The molecular weight excluding hydrogens is 314 g/mol. The summed E-state index contributed by atoms with van der Waals surface area (Å²) in [5.74, 6) is -0.458. The lowest BCUT2D eigenvalue weighted by Gasteiger charge is -2.13. The molecule has 0 unspecified atom stereocenters. The molecule has 0 saturated carbocycles. The Kier molecular flexibility index (Phi) is 4.60. The van der Waals surface area contributed by atoms with Crippen molar-refractivity contribution < 1.29 is 9.90 Å². The van der Waals surface area contributed by atoms with Crippen LogP contribution in [0.15, 0.2) is 48.7 Å². The number of rotatable bonds is 5. The average Bonchev–Trinajstić information content (AvgIpc) is 3.02. The molecule has 0 bridgehead atoms. The van der Waals surface area contributed by atoms with Gasteiger partial charge in [0.1, 0.15) is 0 Å². The van der Waals surface area contributed by atoms with Gasteiger partial charge < -0.3 is 10.4 Å². The Bertz CT molecular complexity index is 831. The molecule has 0 saturated heterocycles. The van der Waals surface area contributed by atoms with Gasteiger partial charge in [0.05, 0.1) is 11.7 Å². The molecule has 0 spiro atoms. The van der Waals surface area contributed by atoms with Crippen molar-refractivity contribution in [2.45, 2.75) is 12.5 Å². The first kappa shape index (κ1) is 15.5. The summed E-state index contributed by atoms with van der Waals surface area (Å²) in [7, 11) is 0. The quantitative estimate of drug-likeness (QED) is 0.673. The number of nitrogens with zero attached hydrogens (tertiary/aromatic N) is 1. The van der Waals surface area contributed by atoms with Crippen LogP contribution in [-0.4, -0.2) is 27.8 Å². The van der Waals surface area contributed by atoms with Crippen molar-refractivity contribution in [2.75, 3.05) is 6.54 Å². The number of carbonyl (C=O) groups is 1. The zero-order chi connectivity index (χ0) is 16.2. The van der Waals surface area contributed by atoms with Crippen LogP contribution in [0, 0.1) is 0 Å². The molecule has 3 rings (SSSR count). The minimum Gasteiger partial charge on any atom is -0.378 e. The number of benzene rings is 2. The second-order valence-electron chi connectivity index (χ2n) is 5.26. The van der Waals surface area contributed by atoms with Gasteiger partial charge in [-0.2, -0.15) is 5.10 Å². The second kappa shape index (κ2) is 6.81. The number of nitrogens with one attached hydrogen (secondary N) is 2. The van der Waals surface area contributed by atoms with Crippen molar-refractivity contribution in [2.24, 2.45) is 0 Å². The summed E-state index contributed by atoms with van der Waals surface area (Å²) in [5, 5.41) is 21.1.